The molecule has 92 valence electrons. The Balaban J connectivity index is 2.14. The van der Waals surface area contributed by atoms with Gasteiger partial charge in [0.2, 0.25) is 0 Å². The van der Waals surface area contributed by atoms with Crippen LogP contribution in [0.15, 0.2) is 42.6 Å². The second-order valence-corrected chi connectivity index (χ2v) is 3.67. The van der Waals surface area contributed by atoms with Gasteiger partial charge in [0.05, 0.1) is 5.69 Å². The molecule has 0 bridgehead atoms. The van der Waals surface area contributed by atoms with Crippen LogP contribution in [0.2, 0.25) is 0 Å². The zero-order valence-electron chi connectivity index (χ0n) is 9.45. The molecule has 2 aromatic rings. The van der Waals surface area contributed by atoms with Crippen molar-refractivity contribution in [1.29, 1.82) is 0 Å². The molecule has 6 heteroatoms. The van der Waals surface area contributed by atoms with Gasteiger partial charge in [-0.05, 0) is 30.3 Å². The third kappa shape index (κ3) is 3.06. The zero-order chi connectivity index (χ0) is 13.0. The molecule has 0 aliphatic heterocycles. The van der Waals surface area contributed by atoms with Gasteiger partial charge in [0, 0.05) is 11.7 Å². The summed E-state index contributed by atoms with van der Waals surface area (Å²) in [5.74, 6) is -0.333. The van der Waals surface area contributed by atoms with E-state index in [4.69, 9.17) is 14.8 Å². The SMILES string of the molecule is OB(O)c1cc(F)ccc1OCc1ccccn1. The maximum Gasteiger partial charge on any atom is 0.492 e. The predicted octanol–water partition coefficient (Wildman–Crippen LogP) is 0.479. The van der Waals surface area contributed by atoms with E-state index in [0.717, 1.165) is 6.07 Å². The minimum Gasteiger partial charge on any atom is -0.488 e. The molecule has 1 heterocycles. The number of nitrogens with zero attached hydrogens (tertiary/aromatic N) is 1. The predicted molar refractivity (Wildman–Crippen MR) is 64.8 cm³/mol. The second-order valence-electron chi connectivity index (χ2n) is 3.67. The lowest BCUT2D eigenvalue weighted by Crippen LogP contribution is -2.31. The van der Waals surface area contributed by atoms with E-state index in [9.17, 15) is 4.39 Å². The first kappa shape index (κ1) is 12.5. The fraction of sp³-hybridized carbons (Fsp3) is 0.0833. The summed E-state index contributed by atoms with van der Waals surface area (Å²) in [6, 6.07) is 8.95. The summed E-state index contributed by atoms with van der Waals surface area (Å²) in [5, 5.41) is 18.2. The maximum absolute atomic E-state index is 13.0. The fourth-order valence-electron chi connectivity index (χ4n) is 1.49. The van der Waals surface area contributed by atoms with Gasteiger partial charge < -0.3 is 14.8 Å². The van der Waals surface area contributed by atoms with Crippen molar-refractivity contribution < 1.29 is 19.2 Å². The van der Waals surface area contributed by atoms with Crippen LogP contribution in [-0.2, 0) is 6.61 Å². The summed E-state index contributed by atoms with van der Waals surface area (Å²) in [6.07, 6.45) is 1.63. The smallest absolute Gasteiger partial charge is 0.488 e. The van der Waals surface area contributed by atoms with Gasteiger partial charge in [0.1, 0.15) is 18.2 Å². The van der Waals surface area contributed by atoms with E-state index < -0.39 is 12.9 Å². The lowest BCUT2D eigenvalue weighted by atomic mass is 9.79. The largest absolute Gasteiger partial charge is 0.492 e. The van der Waals surface area contributed by atoms with Gasteiger partial charge in [-0.15, -0.1) is 0 Å². The molecule has 4 nitrogen and oxygen atoms in total. The highest BCUT2D eigenvalue weighted by molar-refractivity contribution is 6.59. The van der Waals surface area contributed by atoms with E-state index in [0.29, 0.717) is 5.69 Å². The molecule has 0 aliphatic carbocycles. The van der Waals surface area contributed by atoms with Crippen LogP contribution in [0.3, 0.4) is 0 Å². The minimum absolute atomic E-state index is 0.00840. The molecule has 0 saturated carbocycles. The zero-order valence-corrected chi connectivity index (χ0v) is 9.45. The van der Waals surface area contributed by atoms with Crippen LogP contribution in [0.5, 0.6) is 5.75 Å². The molecule has 0 amide bonds. The molecular weight excluding hydrogens is 236 g/mol. The van der Waals surface area contributed by atoms with Crippen molar-refractivity contribution in [3.63, 3.8) is 0 Å². The summed E-state index contributed by atoms with van der Waals surface area (Å²) >= 11 is 0. The van der Waals surface area contributed by atoms with Crippen molar-refractivity contribution in [2.75, 3.05) is 0 Å². The summed E-state index contributed by atoms with van der Waals surface area (Å²) in [5.41, 5.74) is 0.686. The molecule has 0 atom stereocenters. The molecule has 0 spiro atoms. The van der Waals surface area contributed by atoms with Crippen LogP contribution in [-0.4, -0.2) is 22.2 Å². The van der Waals surface area contributed by atoms with Crippen LogP contribution >= 0.6 is 0 Å². The highest BCUT2D eigenvalue weighted by atomic mass is 19.1. The third-order valence-electron chi connectivity index (χ3n) is 2.35. The van der Waals surface area contributed by atoms with E-state index in [-0.39, 0.29) is 17.8 Å². The number of halogens is 1. The maximum atomic E-state index is 13.0. The Hall–Kier alpha value is -1.92. The van der Waals surface area contributed by atoms with Crippen LogP contribution in [0.1, 0.15) is 5.69 Å². The number of hydrogen-bond acceptors (Lipinski definition) is 4. The molecule has 0 saturated heterocycles. The monoisotopic (exact) mass is 247 g/mol. The van der Waals surface area contributed by atoms with E-state index in [1.54, 1.807) is 18.3 Å². The molecule has 1 aromatic heterocycles. The van der Waals surface area contributed by atoms with Crippen molar-refractivity contribution in [3.05, 3.63) is 54.1 Å². The van der Waals surface area contributed by atoms with Gasteiger partial charge in [-0.25, -0.2) is 4.39 Å². The standard InChI is InChI=1S/C12H11BFNO3/c14-9-4-5-12(11(7-9)13(16)17)18-8-10-3-1-2-6-15-10/h1-7,16-17H,8H2. The molecule has 1 aromatic carbocycles. The van der Waals surface area contributed by atoms with Crippen molar-refractivity contribution in [1.82, 2.24) is 4.98 Å². The van der Waals surface area contributed by atoms with Crippen molar-refractivity contribution in [2.45, 2.75) is 6.61 Å². The van der Waals surface area contributed by atoms with E-state index in [1.165, 1.54) is 12.1 Å². The summed E-state index contributed by atoms with van der Waals surface area (Å²) < 4.78 is 18.4. The summed E-state index contributed by atoms with van der Waals surface area (Å²) in [4.78, 5) is 4.06. The highest BCUT2D eigenvalue weighted by Crippen LogP contribution is 2.11. The molecule has 0 radical (unpaired) electrons. The summed E-state index contributed by atoms with van der Waals surface area (Å²) in [7, 11) is -1.78. The average molecular weight is 247 g/mol. The molecule has 2 rings (SSSR count). The van der Waals surface area contributed by atoms with Crippen LogP contribution in [0.4, 0.5) is 4.39 Å². The molecule has 2 N–H and O–H groups in total. The number of pyridine rings is 1. The molecule has 0 fully saturated rings. The Morgan fingerprint density at radius 1 is 1.22 bits per heavy atom. The second kappa shape index (κ2) is 5.62. The quantitative estimate of drug-likeness (QED) is 0.771. The number of rotatable bonds is 4. The normalized spacial score (nSPS) is 10.2. The number of benzene rings is 1. The molecule has 0 unspecified atom stereocenters. The van der Waals surface area contributed by atoms with Gasteiger partial charge >= 0.3 is 7.12 Å². The van der Waals surface area contributed by atoms with Crippen molar-refractivity contribution >= 4 is 12.6 Å². The van der Waals surface area contributed by atoms with Gasteiger partial charge in [-0.1, -0.05) is 6.07 Å². The third-order valence-corrected chi connectivity index (χ3v) is 2.35. The van der Waals surface area contributed by atoms with Gasteiger partial charge in [0.15, 0.2) is 0 Å². The highest BCUT2D eigenvalue weighted by Gasteiger charge is 2.18. The van der Waals surface area contributed by atoms with Crippen molar-refractivity contribution in [2.24, 2.45) is 0 Å². The lowest BCUT2D eigenvalue weighted by Gasteiger charge is -2.10. The molecule has 18 heavy (non-hydrogen) atoms. The van der Waals surface area contributed by atoms with Crippen molar-refractivity contribution in [3.8, 4) is 5.75 Å². The fourth-order valence-corrected chi connectivity index (χ4v) is 1.49. The van der Waals surface area contributed by atoms with Crippen LogP contribution in [0, 0.1) is 5.82 Å². The van der Waals surface area contributed by atoms with Crippen LogP contribution < -0.4 is 10.2 Å². The first-order valence-electron chi connectivity index (χ1n) is 5.35. The van der Waals surface area contributed by atoms with Gasteiger partial charge in [-0.3, -0.25) is 4.98 Å². The lowest BCUT2D eigenvalue weighted by molar-refractivity contribution is 0.301. The van der Waals surface area contributed by atoms with E-state index in [1.807, 2.05) is 6.07 Å². The van der Waals surface area contributed by atoms with Crippen LogP contribution in [0.25, 0.3) is 0 Å². The number of hydrogen-bond donors (Lipinski definition) is 2. The topological polar surface area (TPSA) is 62.6 Å². The number of aromatic nitrogens is 1. The minimum atomic E-state index is -1.78. The first-order chi connectivity index (χ1) is 8.66. The Morgan fingerprint density at radius 2 is 2.06 bits per heavy atom. The molecule has 0 aliphatic rings. The number of ether oxygens (including phenoxy) is 1. The Labute approximate surface area is 104 Å². The van der Waals surface area contributed by atoms with E-state index in [2.05, 4.69) is 4.98 Å². The Morgan fingerprint density at radius 3 is 2.72 bits per heavy atom. The Kier molecular flexibility index (Phi) is 3.91. The average Bonchev–Trinajstić information content (AvgIpc) is 2.38. The first-order valence-corrected chi connectivity index (χ1v) is 5.35. The summed E-state index contributed by atoms with van der Waals surface area (Å²) in [6.45, 7) is 0.173. The van der Waals surface area contributed by atoms with Gasteiger partial charge in [-0.2, -0.15) is 0 Å². The Bertz CT molecular complexity index is 522. The van der Waals surface area contributed by atoms with Gasteiger partial charge in [0.25, 0.3) is 0 Å². The molecular formula is C12H11BFNO3. The van der Waals surface area contributed by atoms with E-state index >= 15 is 0 Å².